The number of pyridine rings is 1. The molecule has 0 aliphatic heterocycles. The highest BCUT2D eigenvalue weighted by Gasteiger charge is 2.24. The molecule has 0 unspecified atom stereocenters. The third-order valence-corrected chi connectivity index (χ3v) is 4.19. The molecule has 0 radical (unpaired) electrons. The minimum atomic E-state index is 0.247. The Hall–Kier alpha value is -1.42. The first-order valence-corrected chi connectivity index (χ1v) is 8.13. The van der Waals surface area contributed by atoms with Gasteiger partial charge in [-0.15, -0.1) is 0 Å². The van der Waals surface area contributed by atoms with Gasteiger partial charge in [0.15, 0.2) is 0 Å². The highest BCUT2D eigenvalue weighted by Crippen LogP contribution is 2.28. The van der Waals surface area contributed by atoms with Crippen LogP contribution in [0, 0.1) is 11.8 Å². The molecular formula is C17H27N3O. The maximum Gasteiger partial charge on any atom is 0.223 e. The van der Waals surface area contributed by atoms with E-state index in [-0.39, 0.29) is 11.8 Å². The van der Waals surface area contributed by atoms with Gasteiger partial charge in [-0.2, -0.15) is 0 Å². The fourth-order valence-corrected chi connectivity index (χ4v) is 2.98. The van der Waals surface area contributed by atoms with Crippen molar-refractivity contribution in [3.63, 3.8) is 0 Å². The van der Waals surface area contributed by atoms with Crippen molar-refractivity contribution >= 4 is 5.91 Å². The van der Waals surface area contributed by atoms with Crippen LogP contribution in [0.4, 0.5) is 0 Å². The van der Waals surface area contributed by atoms with E-state index in [0.29, 0.717) is 5.92 Å². The molecule has 0 saturated heterocycles. The van der Waals surface area contributed by atoms with E-state index in [9.17, 15) is 4.79 Å². The first-order valence-electron chi connectivity index (χ1n) is 8.13. The number of aromatic nitrogens is 1. The zero-order valence-corrected chi connectivity index (χ0v) is 13.0. The summed E-state index contributed by atoms with van der Waals surface area (Å²) >= 11 is 0. The zero-order chi connectivity index (χ0) is 14.9. The lowest BCUT2D eigenvalue weighted by atomic mass is 9.82. The highest BCUT2D eigenvalue weighted by molar-refractivity contribution is 5.78. The Balaban J connectivity index is 1.52. The zero-order valence-electron chi connectivity index (χ0n) is 13.0. The Bertz CT molecular complexity index is 421. The van der Waals surface area contributed by atoms with Crippen LogP contribution in [0.3, 0.4) is 0 Å². The van der Waals surface area contributed by atoms with Gasteiger partial charge >= 0.3 is 0 Å². The summed E-state index contributed by atoms with van der Waals surface area (Å²) in [6, 6.07) is 4.01. The first-order chi connectivity index (χ1) is 10.3. The molecule has 1 amide bonds. The van der Waals surface area contributed by atoms with Crippen molar-refractivity contribution in [3.05, 3.63) is 30.1 Å². The lowest BCUT2D eigenvalue weighted by Crippen LogP contribution is -2.34. The molecule has 2 atom stereocenters. The molecule has 0 spiro atoms. The van der Waals surface area contributed by atoms with Gasteiger partial charge in [0, 0.05) is 31.4 Å². The SMILES string of the molecule is C[C@@H]1CCC[C@@H](C(=O)NCCCNCc2cccnc2)C1. The molecule has 0 aromatic carbocycles. The Labute approximate surface area is 127 Å². The minimum absolute atomic E-state index is 0.247. The van der Waals surface area contributed by atoms with Crippen molar-refractivity contribution in [2.24, 2.45) is 11.8 Å². The molecule has 1 aliphatic carbocycles. The summed E-state index contributed by atoms with van der Waals surface area (Å²) in [6.45, 7) is 4.77. The van der Waals surface area contributed by atoms with Crippen molar-refractivity contribution in [3.8, 4) is 0 Å². The standard InChI is InChI=1S/C17H27N3O/c1-14-5-2-7-16(11-14)17(21)20-10-4-9-19-13-15-6-3-8-18-12-15/h3,6,8,12,14,16,19H,2,4-5,7,9-11,13H2,1H3,(H,20,21)/t14-,16-/m1/s1. The molecule has 1 aromatic rings. The van der Waals surface area contributed by atoms with Crippen LogP contribution >= 0.6 is 0 Å². The van der Waals surface area contributed by atoms with Crippen LogP contribution in [0.5, 0.6) is 0 Å². The van der Waals surface area contributed by atoms with Gasteiger partial charge in [0.05, 0.1) is 0 Å². The molecule has 2 rings (SSSR count). The number of rotatable bonds is 7. The monoisotopic (exact) mass is 289 g/mol. The van der Waals surface area contributed by atoms with Crippen LogP contribution in [0.25, 0.3) is 0 Å². The van der Waals surface area contributed by atoms with Gasteiger partial charge in [0.1, 0.15) is 0 Å². The van der Waals surface area contributed by atoms with E-state index in [2.05, 4.69) is 28.6 Å². The molecule has 1 aliphatic rings. The predicted octanol–water partition coefficient (Wildman–Crippen LogP) is 2.50. The number of hydrogen-bond donors (Lipinski definition) is 2. The summed E-state index contributed by atoms with van der Waals surface area (Å²) in [5.74, 6) is 1.21. The number of carbonyl (C=O) groups excluding carboxylic acids is 1. The lowest BCUT2D eigenvalue weighted by Gasteiger charge is -2.25. The summed E-state index contributed by atoms with van der Waals surface area (Å²) in [5.41, 5.74) is 1.19. The topological polar surface area (TPSA) is 54.0 Å². The maximum absolute atomic E-state index is 12.1. The first kappa shape index (κ1) is 16.0. The van der Waals surface area contributed by atoms with Crippen molar-refractivity contribution in [2.75, 3.05) is 13.1 Å². The molecule has 4 heteroatoms. The van der Waals surface area contributed by atoms with Crippen LogP contribution in [0.1, 0.15) is 44.6 Å². The Morgan fingerprint density at radius 2 is 2.29 bits per heavy atom. The van der Waals surface area contributed by atoms with Crippen LogP contribution < -0.4 is 10.6 Å². The molecular weight excluding hydrogens is 262 g/mol. The highest BCUT2D eigenvalue weighted by atomic mass is 16.1. The van der Waals surface area contributed by atoms with Gasteiger partial charge < -0.3 is 10.6 Å². The number of nitrogens with one attached hydrogen (secondary N) is 2. The van der Waals surface area contributed by atoms with Gasteiger partial charge in [0.2, 0.25) is 5.91 Å². The van der Waals surface area contributed by atoms with E-state index in [1.807, 2.05) is 12.3 Å². The van der Waals surface area contributed by atoms with Gasteiger partial charge in [-0.3, -0.25) is 9.78 Å². The number of nitrogens with zero attached hydrogens (tertiary/aromatic N) is 1. The molecule has 1 saturated carbocycles. The largest absolute Gasteiger partial charge is 0.356 e. The molecule has 21 heavy (non-hydrogen) atoms. The van der Waals surface area contributed by atoms with Gasteiger partial charge in [-0.05, 0) is 43.4 Å². The third kappa shape index (κ3) is 5.84. The van der Waals surface area contributed by atoms with E-state index in [4.69, 9.17) is 0 Å². The van der Waals surface area contributed by atoms with Gasteiger partial charge in [-0.1, -0.05) is 25.8 Å². The second-order valence-electron chi connectivity index (χ2n) is 6.15. The second-order valence-corrected chi connectivity index (χ2v) is 6.15. The van der Waals surface area contributed by atoms with E-state index in [1.165, 1.54) is 18.4 Å². The quantitative estimate of drug-likeness (QED) is 0.758. The lowest BCUT2D eigenvalue weighted by molar-refractivity contribution is -0.126. The Morgan fingerprint density at radius 1 is 1.38 bits per heavy atom. The molecule has 0 bridgehead atoms. The summed E-state index contributed by atoms with van der Waals surface area (Å²) < 4.78 is 0. The second kappa shape index (κ2) is 8.78. The van der Waals surface area contributed by atoms with Crippen molar-refractivity contribution in [1.29, 1.82) is 0 Å². The maximum atomic E-state index is 12.1. The Morgan fingerprint density at radius 3 is 3.05 bits per heavy atom. The molecule has 1 aromatic heterocycles. The molecule has 4 nitrogen and oxygen atoms in total. The molecule has 116 valence electrons. The van der Waals surface area contributed by atoms with Crippen LogP contribution in [-0.4, -0.2) is 24.0 Å². The van der Waals surface area contributed by atoms with Crippen molar-refractivity contribution < 1.29 is 4.79 Å². The average molecular weight is 289 g/mol. The van der Waals surface area contributed by atoms with E-state index in [1.54, 1.807) is 6.20 Å². The molecule has 2 N–H and O–H groups in total. The Kier molecular flexibility index (Phi) is 6.67. The summed E-state index contributed by atoms with van der Waals surface area (Å²) in [4.78, 5) is 16.1. The van der Waals surface area contributed by atoms with E-state index in [0.717, 1.165) is 38.9 Å². The summed E-state index contributed by atoms with van der Waals surface area (Å²) in [6.07, 6.45) is 9.23. The number of amides is 1. The average Bonchev–Trinajstić information content (AvgIpc) is 2.51. The molecule has 1 heterocycles. The number of carbonyl (C=O) groups is 1. The van der Waals surface area contributed by atoms with Crippen molar-refractivity contribution in [2.45, 2.75) is 45.6 Å². The summed E-state index contributed by atoms with van der Waals surface area (Å²) in [7, 11) is 0. The van der Waals surface area contributed by atoms with E-state index < -0.39 is 0 Å². The van der Waals surface area contributed by atoms with Gasteiger partial charge in [0.25, 0.3) is 0 Å². The fraction of sp³-hybridized carbons (Fsp3) is 0.647. The van der Waals surface area contributed by atoms with Gasteiger partial charge in [-0.25, -0.2) is 0 Å². The molecule has 1 fully saturated rings. The van der Waals surface area contributed by atoms with Crippen LogP contribution in [-0.2, 0) is 11.3 Å². The minimum Gasteiger partial charge on any atom is -0.356 e. The summed E-state index contributed by atoms with van der Waals surface area (Å²) in [5, 5.41) is 6.45. The third-order valence-electron chi connectivity index (χ3n) is 4.19. The van der Waals surface area contributed by atoms with Crippen LogP contribution in [0.2, 0.25) is 0 Å². The van der Waals surface area contributed by atoms with E-state index >= 15 is 0 Å². The number of hydrogen-bond acceptors (Lipinski definition) is 3. The predicted molar refractivity (Wildman–Crippen MR) is 84.7 cm³/mol. The fourth-order valence-electron chi connectivity index (χ4n) is 2.98. The van der Waals surface area contributed by atoms with Crippen LogP contribution in [0.15, 0.2) is 24.5 Å². The normalized spacial score (nSPS) is 22.0. The van der Waals surface area contributed by atoms with Crippen molar-refractivity contribution in [1.82, 2.24) is 15.6 Å². The smallest absolute Gasteiger partial charge is 0.223 e.